The number of carbonyl (C=O) groups excluding carboxylic acids is 2. The average Bonchev–Trinajstić information content (AvgIpc) is 2.87. The number of ketones is 2. The molecule has 8 nitrogen and oxygen atoms in total. The highest BCUT2D eigenvalue weighted by Gasteiger charge is 2.47. The zero-order chi connectivity index (χ0) is 24.7. The zero-order valence-electron chi connectivity index (χ0n) is 19.8. The molecular weight excluding hydrogens is 436 g/mol. The van der Waals surface area contributed by atoms with Gasteiger partial charge in [-0.2, -0.15) is 0 Å². The van der Waals surface area contributed by atoms with E-state index in [1.807, 2.05) is 12.1 Å². The van der Waals surface area contributed by atoms with Crippen molar-refractivity contribution in [3.8, 4) is 5.75 Å². The van der Waals surface area contributed by atoms with Gasteiger partial charge in [0, 0.05) is 25.2 Å². The van der Waals surface area contributed by atoms with Crippen molar-refractivity contribution < 1.29 is 29.3 Å². The smallest absolute Gasteiger partial charge is 0.174 e. The van der Waals surface area contributed by atoms with E-state index in [4.69, 9.17) is 20.3 Å². The Labute approximate surface area is 200 Å². The first-order valence-corrected chi connectivity index (χ1v) is 11.6. The van der Waals surface area contributed by atoms with Crippen LogP contribution in [0.3, 0.4) is 0 Å². The summed E-state index contributed by atoms with van der Waals surface area (Å²) < 4.78 is 10.8. The first-order chi connectivity index (χ1) is 16.3. The van der Waals surface area contributed by atoms with Crippen molar-refractivity contribution in [2.24, 2.45) is 5.73 Å². The number of nitrogens with two attached hydrogens (primary N) is 1. The molecule has 2 aromatic rings. The highest BCUT2D eigenvalue weighted by Crippen LogP contribution is 2.34. The van der Waals surface area contributed by atoms with Crippen LogP contribution >= 0.6 is 0 Å². The van der Waals surface area contributed by atoms with Gasteiger partial charge in [0.2, 0.25) is 0 Å². The zero-order valence-corrected chi connectivity index (χ0v) is 19.8. The number of benzene rings is 2. The van der Waals surface area contributed by atoms with E-state index in [0.717, 1.165) is 18.8 Å². The van der Waals surface area contributed by atoms with Crippen molar-refractivity contribution in [1.29, 1.82) is 0 Å². The van der Waals surface area contributed by atoms with Crippen LogP contribution in [0.2, 0.25) is 0 Å². The molecule has 0 aliphatic carbocycles. The molecule has 2 aromatic carbocycles. The lowest BCUT2D eigenvalue weighted by molar-refractivity contribution is -0.137. The maximum atomic E-state index is 13.9. The van der Waals surface area contributed by atoms with Crippen molar-refractivity contribution in [2.45, 2.75) is 37.8 Å². The maximum absolute atomic E-state index is 13.9. The molecule has 3 rings (SSSR count). The molecule has 1 fully saturated rings. The Kier molecular flexibility index (Phi) is 8.79. The second-order valence-electron chi connectivity index (χ2n) is 8.45. The summed E-state index contributed by atoms with van der Waals surface area (Å²) in [6.45, 7) is 6.04. The Bertz CT molecular complexity index is 954. The van der Waals surface area contributed by atoms with Gasteiger partial charge < -0.3 is 30.3 Å². The molecule has 184 valence electrons. The number of hydrogen-bond donors (Lipinski definition) is 3. The Morgan fingerprint density at radius 3 is 2.26 bits per heavy atom. The summed E-state index contributed by atoms with van der Waals surface area (Å²) in [5, 5.41) is 19.5. The van der Waals surface area contributed by atoms with E-state index >= 15 is 0 Å². The highest BCUT2D eigenvalue weighted by molar-refractivity contribution is 6.14. The molecule has 3 unspecified atom stereocenters. The second kappa shape index (κ2) is 11.6. The minimum atomic E-state index is -1.90. The quantitative estimate of drug-likeness (QED) is 0.425. The Hall–Kier alpha value is -2.78. The number of ether oxygens (including phenoxy) is 2. The fourth-order valence-corrected chi connectivity index (χ4v) is 4.31. The summed E-state index contributed by atoms with van der Waals surface area (Å²) in [6.07, 6.45) is -0.995. The molecule has 4 N–H and O–H groups in total. The molecule has 0 radical (unpaired) electrons. The minimum absolute atomic E-state index is 0.0773. The van der Waals surface area contributed by atoms with Gasteiger partial charge in [-0.25, -0.2) is 0 Å². The van der Waals surface area contributed by atoms with Gasteiger partial charge in [0.05, 0.1) is 31.8 Å². The van der Waals surface area contributed by atoms with Crippen LogP contribution in [0.15, 0.2) is 48.5 Å². The normalized spacial score (nSPS) is 17.5. The molecule has 0 aromatic heterocycles. The Morgan fingerprint density at radius 1 is 1.12 bits per heavy atom. The number of nitrogens with zero attached hydrogens (tertiary/aromatic N) is 1. The van der Waals surface area contributed by atoms with Crippen molar-refractivity contribution in [3.63, 3.8) is 0 Å². The van der Waals surface area contributed by atoms with E-state index in [9.17, 15) is 14.7 Å². The Morgan fingerprint density at radius 2 is 1.74 bits per heavy atom. The van der Waals surface area contributed by atoms with Crippen molar-refractivity contribution in [2.75, 3.05) is 44.4 Å². The van der Waals surface area contributed by atoms with Gasteiger partial charge in [-0.1, -0.05) is 31.2 Å². The van der Waals surface area contributed by atoms with Crippen LogP contribution in [-0.4, -0.2) is 67.4 Å². The molecule has 0 bridgehead atoms. The van der Waals surface area contributed by atoms with Crippen molar-refractivity contribution in [3.05, 3.63) is 59.7 Å². The first-order valence-electron chi connectivity index (χ1n) is 11.6. The van der Waals surface area contributed by atoms with Gasteiger partial charge in [0.25, 0.3) is 0 Å². The average molecular weight is 471 g/mol. The lowest BCUT2D eigenvalue weighted by atomic mass is 9.73. The summed E-state index contributed by atoms with van der Waals surface area (Å²) in [5.74, 6) is -1.45. The molecule has 0 amide bonds. The number of rotatable bonds is 11. The summed E-state index contributed by atoms with van der Waals surface area (Å²) in [7, 11) is 0. The van der Waals surface area contributed by atoms with E-state index in [2.05, 4.69) is 4.90 Å². The topological polar surface area (TPSA) is 122 Å². The third kappa shape index (κ3) is 5.47. The van der Waals surface area contributed by atoms with E-state index in [0.29, 0.717) is 30.1 Å². The molecule has 0 saturated carbocycles. The van der Waals surface area contributed by atoms with Gasteiger partial charge in [-0.05, 0) is 42.3 Å². The van der Waals surface area contributed by atoms with Gasteiger partial charge in [0.15, 0.2) is 17.1 Å². The van der Waals surface area contributed by atoms with Crippen molar-refractivity contribution in [1.82, 2.24) is 0 Å². The van der Waals surface area contributed by atoms with Crippen LogP contribution in [-0.2, 0) is 19.9 Å². The number of carbonyl (C=O) groups is 2. The molecule has 0 spiro atoms. The molecule has 3 atom stereocenters. The molecular formula is C26H34N2O6. The maximum Gasteiger partial charge on any atom is 0.174 e. The van der Waals surface area contributed by atoms with Crippen LogP contribution in [0.5, 0.6) is 5.75 Å². The Balaban J connectivity index is 1.94. The van der Waals surface area contributed by atoms with Crippen molar-refractivity contribution >= 4 is 17.3 Å². The monoisotopic (exact) mass is 470 g/mol. The molecule has 1 heterocycles. The third-order valence-corrected chi connectivity index (χ3v) is 6.21. The third-order valence-electron chi connectivity index (χ3n) is 6.21. The molecule has 1 saturated heterocycles. The molecule has 34 heavy (non-hydrogen) atoms. The van der Waals surface area contributed by atoms with Crippen LogP contribution in [0.4, 0.5) is 5.69 Å². The van der Waals surface area contributed by atoms with Crippen LogP contribution in [0, 0.1) is 0 Å². The highest BCUT2D eigenvalue weighted by atomic mass is 16.5. The van der Waals surface area contributed by atoms with E-state index in [-0.39, 0.29) is 19.6 Å². The number of morpholine rings is 1. The van der Waals surface area contributed by atoms with Crippen LogP contribution in [0.1, 0.15) is 37.3 Å². The van der Waals surface area contributed by atoms with E-state index in [1.54, 1.807) is 43.3 Å². The van der Waals surface area contributed by atoms with Gasteiger partial charge in [0.1, 0.15) is 12.4 Å². The van der Waals surface area contributed by atoms with Crippen LogP contribution in [0.25, 0.3) is 0 Å². The van der Waals surface area contributed by atoms with Gasteiger partial charge in [-0.15, -0.1) is 0 Å². The van der Waals surface area contributed by atoms with Gasteiger partial charge in [-0.3, -0.25) is 9.59 Å². The number of Topliss-reactive ketones (excluding diaryl/α,β-unsaturated/α-hetero) is 2. The van der Waals surface area contributed by atoms with Gasteiger partial charge >= 0.3 is 0 Å². The number of hydrogen-bond acceptors (Lipinski definition) is 8. The van der Waals surface area contributed by atoms with E-state index in [1.165, 1.54) is 6.92 Å². The lowest BCUT2D eigenvalue weighted by Gasteiger charge is -2.33. The molecule has 8 heteroatoms. The lowest BCUT2D eigenvalue weighted by Crippen LogP contribution is -2.54. The van der Waals surface area contributed by atoms with Crippen LogP contribution < -0.4 is 15.4 Å². The molecule has 1 aliphatic rings. The summed E-state index contributed by atoms with van der Waals surface area (Å²) in [4.78, 5) is 29.1. The summed E-state index contributed by atoms with van der Waals surface area (Å²) in [6, 6.07) is 13.8. The SMILES string of the molecule is CCC(=O)C(N)(C(=O)C(c1ccc(OCCO)cc1)C(C)O)c1ccc(N2CCOCC2)cc1. The second-order valence-corrected chi connectivity index (χ2v) is 8.45. The first kappa shape index (κ1) is 25.8. The number of aliphatic hydroxyl groups is 2. The molecule has 1 aliphatic heterocycles. The van der Waals surface area contributed by atoms with E-state index < -0.39 is 29.1 Å². The predicted molar refractivity (Wildman–Crippen MR) is 129 cm³/mol. The number of anilines is 1. The summed E-state index contributed by atoms with van der Waals surface area (Å²) in [5.41, 5.74) is 6.62. The predicted octanol–water partition coefficient (Wildman–Crippen LogP) is 1.76. The fraction of sp³-hybridized carbons (Fsp3) is 0.462. The fourth-order valence-electron chi connectivity index (χ4n) is 4.31. The minimum Gasteiger partial charge on any atom is -0.491 e. The summed E-state index contributed by atoms with van der Waals surface area (Å²) >= 11 is 0. The number of aliphatic hydroxyl groups excluding tert-OH is 2. The standard InChI is InChI=1S/C26H34N2O6/c1-3-23(31)26(27,20-6-8-21(9-7-20)28-12-15-33-16-13-28)25(32)24(18(2)30)19-4-10-22(11-5-19)34-17-14-29/h4-11,18,24,29-30H,3,12-17,27H2,1-2H3. The largest absolute Gasteiger partial charge is 0.491 e.